The Morgan fingerprint density at radius 3 is 2.67 bits per heavy atom. The van der Waals surface area contributed by atoms with Crippen molar-refractivity contribution in [1.82, 2.24) is 15.3 Å². The SMILES string of the molecule is CCNC(=O)Nc1nc2ccc(OS(=O)(=O)c3ccc(NCCCO)cc3)cc2[nH]1. The highest BCUT2D eigenvalue weighted by atomic mass is 32.2. The van der Waals surface area contributed by atoms with Gasteiger partial charge < -0.3 is 24.9 Å². The molecular weight excluding hydrogens is 410 g/mol. The number of hydrogen-bond donors (Lipinski definition) is 5. The molecule has 1 aromatic heterocycles. The number of amides is 2. The van der Waals surface area contributed by atoms with Gasteiger partial charge in [0.05, 0.1) is 11.0 Å². The molecule has 0 spiro atoms. The minimum absolute atomic E-state index is 0.0125. The van der Waals surface area contributed by atoms with Crippen LogP contribution in [0.3, 0.4) is 0 Å². The number of aliphatic hydroxyl groups is 1. The number of nitrogens with zero attached hydrogens (tertiary/aromatic N) is 1. The predicted octanol–water partition coefficient (Wildman–Crippen LogP) is 2.27. The number of anilines is 2. The van der Waals surface area contributed by atoms with Crippen LogP contribution in [-0.4, -0.2) is 49.2 Å². The molecule has 0 fully saturated rings. The van der Waals surface area contributed by atoms with E-state index in [0.717, 1.165) is 5.69 Å². The third kappa shape index (κ3) is 5.39. The summed E-state index contributed by atoms with van der Waals surface area (Å²) in [4.78, 5) is 18.7. The van der Waals surface area contributed by atoms with Crippen molar-refractivity contribution in [2.45, 2.75) is 18.2 Å². The van der Waals surface area contributed by atoms with Crippen LogP contribution in [-0.2, 0) is 10.1 Å². The normalized spacial score (nSPS) is 11.3. The molecule has 10 nitrogen and oxygen atoms in total. The molecule has 2 amide bonds. The fourth-order valence-corrected chi connectivity index (χ4v) is 3.56. The lowest BCUT2D eigenvalue weighted by atomic mass is 10.3. The molecule has 0 bridgehead atoms. The topological polar surface area (TPSA) is 145 Å². The van der Waals surface area contributed by atoms with Gasteiger partial charge in [-0.15, -0.1) is 0 Å². The van der Waals surface area contributed by atoms with Gasteiger partial charge in [0.25, 0.3) is 0 Å². The highest BCUT2D eigenvalue weighted by Crippen LogP contribution is 2.24. The number of urea groups is 1. The molecule has 11 heteroatoms. The summed E-state index contributed by atoms with van der Waals surface area (Å²) >= 11 is 0. The molecule has 1 heterocycles. The largest absolute Gasteiger partial charge is 0.396 e. The maximum atomic E-state index is 12.6. The van der Waals surface area contributed by atoms with Crippen LogP contribution in [0.2, 0.25) is 0 Å². The Morgan fingerprint density at radius 1 is 1.20 bits per heavy atom. The number of aromatic amines is 1. The number of carbonyl (C=O) groups excluding carboxylic acids is 1. The lowest BCUT2D eigenvalue weighted by molar-refractivity contribution is 0.252. The molecule has 30 heavy (non-hydrogen) atoms. The smallest absolute Gasteiger partial charge is 0.339 e. The maximum Gasteiger partial charge on any atom is 0.339 e. The van der Waals surface area contributed by atoms with E-state index >= 15 is 0 Å². The standard InChI is InChI=1S/C19H23N5O5S/c1-2-20-19(26)24-18-22-16-9-6-14(12-17(16)23-18)29-30(27,28)15-7-4-13(5-8-15)21-10-3-11-25/h4-9,12,21,25H,2-3,10-11H2,1H3,(H3,20,22,23,24,26). The zero-order valence-electron chi connectivity index (χ0n) is 16.3. The molecule has 5 N–H and O–H groups in total. The Morgan fingerprint density at radius 2 is 1.97 bits per heavy atom. The maximum absolute atomic E-state index is 12.6. The number of benzene rings is 2. The average molecular weight is 433 g/mol. The molecule has 0 saturated heterocycles. The minimum Gasteiger partial charge on any atom is -0.396 e. The molecule has 0 aliphatic carbocycles. The van der Waals surface area contributed by atoms with E-state index in [1.807, 2.05) is 0 Å². The third-order valence-corrected chi connectivity index (χ3v) is 5.30. The van der Waals surface area contributed by atoms with Crippen LogP contribution in [0.25, 0.3) is 11.0 Å². The summed E-state index contributed by atoms with van der Waals surface area (Å²) in [5, 5.41) is 17.0. The first kappa shape index (κ1) is 21.4. The second-order valence-corrected chi connectivity index (χ2v) is 7.86. The third-order valence-electron chi connectivity index (χ3n) is 4.04. The van der Waals surface area contributed by atoms with Crippen molar-refractivity contribution in [2.75, 3.05) is 30.3 Å². The zero-order chi connectivity index (χ0) is 21.6. The van der Waals surface area contributed by atoms with Crippen LogP contribution < -0.4 is 20.1 Å². The van der Waals surface area contributed by atoms with E-state index < -0.39 is 16.1 Å². The molecule has 0 radical (unpaired) electrons. The van der Waals surface area contributed by atoms with Crippen LogP contribution in [0.15, 0.2) is 47.4 Å². The van der Waals surface area contributed by atoms with Gasteiger partial charge in [0.2, 0.25) is 5.95 Å². The average Bonchev–Trinajstić information content (AvgIpc) is 3.10. The summed E-state index contributed by atoms with van der Waals surface area (Å²) in [5.41, 5.74) is 1.80. The zero-order valence-corrected chi connectivity index (χ0v) is 17.1. The van der Waals surface area contributed by atoms with Gasteiger partial charge in [-0.3, -0.25) is 5.32 Å². The van der Waals surface area contributed by atoms with Gasteiger partial charge in [-0.05, 0) is 49.7 Å². The molecule has 0 aliphatic heterocycles. The number of rotatable bonds is 9. The Balaban J connectivity index is 1.71. The Bertz CT molecular complexity index is 1110. The van der Waals surface area contributed by atoms with Crippen LogP contribution in [0.4, 0.5) is 16.4 Å². The van der Waals surface area contributed by atoms with E-state index in [9.17, 15) is 13.2 Å². The molecule has 0 atom stereocenters. The molecule has 3 rings (SSSR count). The van der Waals surface area contributed by atoms with Crippen LogP contribution in [0, 0.1) is 0 Å². The van der Waals surface area contributed by atoms with Crippen LogP contribution in [0.1, 0.15) is 13.3 Å². The predicted molar refractivity (Wildman–Crippen MR) is 113 cm³/mol. The quantitative estimate of drug-likeness (QED) is 0.257. The first-order chi connectivity index (χ1) is 14.4. The van der Waals surface area contributed by atoms with E-state index in [0.29, 0.717) is 30.5 Å². The van der Waals surface area contributed by atoms with Gasteiger partial charge in [0.1, 0.15) is 10.6 Å². The minimum atomic E-state index is -4.03. The second kappa shape index (κ2) is 9.46. The first-order valence-corrected chi connectivity index (χ1v) is 10.8. The lowest BCUT2D eigenvalue weighted by Crippen LogP contribution is -2.28. The van der Waals surface area contributed by atoms with Gasteiger partial charge in [-0.1, -0.05) is 0 Å². The monoisotopic (exact) mass is 433 g/mol. The number of aromatic nitrogens is 2. The highest BCUT2D eigenvalue weighted by Gasteiger charge is 2.17. The summed E-state index contributed by atoms with van der Waals surface area (Å²) in [5.74, 6) is 0.348. The highest BCUT2D eigenvalue weighted by molar-refractivity contribution is 7.87. The summed E-state index contributed by atoms with van der Waals surface area (Å²) in [6, 6.07) is 10.3. The van der Waals surface area contributed by atoms with Gasteiger partial charge in [-0.2, -0.15) is 8.42 Å². The number of imidazole rings is 1. The van der Waals surface area contributed by atoms with Crippen molar-refractivity contribution in [1.29, 1.82) is 0 Å². The van der Waals surface area contributed by atoms with Crippen LogP contribution >= 0.6 is 0 Å². The van der Waals surface area contributed by atoms with Crippen molar-refractivity contribution in [3.8, 4) is 5.75 Å². The number of H-pyrrole nitrogens is 1. The van der Waals surface area contributed by atoms with Crippen molar-refractivity contribution >= 4 is 38.8 Å². The summed E-state index contributed by atoms with van der Waals surface area (Å²) in [6.45, 7) is 2.93. The molecule has 2 aromatic carbocycles. The molecule has 0 aliphatic rings. The fourth-order valence-electron chi connectivity index (χ4n) is 2.64. The number of aliphatic hydroxyl groups excluding tert-OH is 1. The number of fused-ring (bicyclic) bond motifs is 1. The number of carbonyl (C=O) groups is 1. The number of nitrogens with one attached hydrogen (secondary N) is 4. The van der Waals surface area contributed by atoms with Crippen molar-refractivity contribution < 1.29 is 22.5 Å². The summed E-state index contributed by atoms with van der Waals surface area (Å²) < 4.78 is 30.4. The van der Waals surface area contributed by atoms with E-state index in [2.05, 4.69) is 25.9 Å². The van der Waals surface area contributed by atoms with Crippen molar-refractivity contribution in [3.63, 3.8) is 0 Å². The van der Waals surface area contributed by atoms with E-state index in [1.165, 1.54) is 24.3 Å². The fraction of sp³-hybridized carbons (Fsp3) is 0.263. The van der Waals surface area contributed by atoms with Gasteiger partial charge in [0.15, 0.2) is 0 Å². The molecular formula is C19H23N5O5S. The summed E-state index contributed by atoms with van der Waals surface area (Å²) in [7, 11) is -4.03. The van der Waals surface area contributed by atoms with Crippen molar-refractivity contribution in [2.24, 2.45) is 0 Å². The lowest BCUT2D eigenvalue weighted by Gasteiger charge is -2.09. The van der Waals surface area contributed by atoms with E-state index in [1.54, 1.807) is 25.1 Å². The summed E-state index contributed by atoms with van der Waals surface area (Å²) in [6.07, 6.45) is 0.597. The van der Waals surface area contributed by atoms with E-state index in [4.69, 9.17) is 9.29 Å². The molecule has 0 unspecified atom stereocenters. The molecule has 160 valence electrons. The molecule has 3 aromatic rings. The molecule has 0 saturated carbocycles. The van der Waals surface area contributed by atoms with E-state index in [-0.39, 0.29) is 23.2 Å². The Hall–Kier alpha value is -3.31. The van der Waals surface area contributed by atoms with Crippen LogP contribution in [0.5, 0.6) is 5.75 Å². The number of hydrogen-bond acceptors (Lipinski definition) is 7. The Labute approximate surface area is 173 Å². The van der Waals surface area contributed by atoms with Gasteiger partial charge in [-0.25, -0.2) is 9.78 Å². The Kier molecular flexibility index (Phi) is 6.75. The second-order valence-electron chi connectivity index (χ2n) is 6.31. The van der Waals surface area contributed by atoms with Gasteiger partial charge >= 0.3 is 16.1 Å². The van der Waals surface area contributed by atoms with Gasteiger partial charge in [0, 0.05) is 31.5 Å². The first-order valence-electron chi connectivity index (χ1n) is 9.35. The van der Waals surface area contributed by atoms with Crippen molar-refractivity contribution in [3.05, 3.63) is 42.5 Å².